The highest BCUT2D eigenvalue weighted by molar-refractivity contribution is 7.89. The minimum absolute atomic E-state index is 0.0135. The topological polar surface area (TPSA) is 83.9 Å². The van der Waals surface area contributed by atoms with Gasteiger partial charge in [-0.3, -0.25) is 0 Å². The third kappa shape index (κ3) is 5.41. The van der Waals surface area contributed by atoms with Gasteiger partial charge in [0, 0.05) is 24.2 Å². The molecule has 6 nitrogen and oxygen atoms in total. The molecular formula is C22H19ClFNO5S. The van der Waals surface area contributed by atoms with Crippen molar-refractivity contribution in [2.75, 3.05) is 7.05 Å². The van der Waals surface area contributed by atoms with Gasteiger partial charge in [0.25, 0.3) is 0 Å². The first-order chi connectivity index (χ1) is 14.7. The van der Waals surface area contributed by atoms with Gasteiger partial charge in [-0.2, -0.15) is 4.31 Å². The van der Waals surface area contributed by atoms with Gasteiger partial charge < -0.3 is 9.84 Å². The molecule has 3 aromatic rings. The number of hydrogen-bond acceptors (Lipinski definition) is 4. The first-order valence-corrected chi connectivity index (χ1v) is 10.9. The summed E-state index contributed by atoms with van der Waals surface area (Å²) in [6, 6.07) is 17.5. The molecule has 162 valence electrons. The lowest BCUT2D eigenvalue weighted by Crippen LogP contribution is -2.26. The van der Waals surface area contributed by atoms with Crippen LogP contribution in [0.25, 0.3) is 0 Å². The molecule has 0 amide bonds. The summed E-state index contributed by atoms with van der Waals surface area (Å²) in [6.07, 6.45) is -1.29. The van der Waals surface area contributed by atoms with Gasteiger partial charge in [0.1, 0.15) is 11.6 Å². The van der Waals surface area contributed by atoms with E-state index in [4.69, 9.17) is 16.3 Å². The number of halogens is 2. The Bertz CT molecular complexity index is 1170. The fraction of sp³-hybridized carbons (Fsp3) is 0.136. The van der Waals surface area contributed by atoms with Gasteiger partial charge in [0.15, 0.2) is 0 Å². The van der Waals surface area contributed by atoms with Crippen molar-refractivity contribution in [2.24, 2.45) is 0 Å². The van der Waals surface area contributed by atoms with Crippen molar-refractivity contribution >= 4 is 27.6 Å². The Morgan fingerprint density at radius 1 is 1.06 bits per heavy atom. The van der Waals surface area contributed by atoms with E-state index in [0.717, 1.165) is 16.4 Å². The number of aliphatic carboxylic acids is 1. The van der Waals surface area contributed by atoms with Gasteiger partial charge in [-0.05, 0) is 48.0 Å². The normalized spacial score (nSPS) is 12.5. The Morgan fingerprint density at radius 3 is 2.26 bits per heavy atom. The van der Waals surface area contributed by atoms with Crippen LogP contribution in [0.3, 0.4) is 0 Å². The Morgan fingerprint density at radius 2 is 1.68 bits per heavy atom. The minimum Gasteiger partial charge on any atom is -0.478 e. The summed E-state index contributed by atoms with van der Waals surface area (Å²) in [4.78, 5) is 11.6. The fourth-order valence-electron chi connectivity index (χ4n) is 2.87. The Kier molecular flexibility index (Phi) is 6.94. The predicted molar refractivity (Wildman–Crippen MR) is 114 cm³/mol. The van der Waals surface area contributed by atoms with Crippen LogP contribution in [0, 0.1) is 5.82 Å². The lowest BCUT2D eigenvalue weighted by Gasteiger charge is -2.19. The smallest absolute Gasteiger partial charge is 0.349 e. The Hall–Kier alpha value is -2.94. The highest BCUT2D eigenvalue weighted by Crippen LogP contribution is 2.28. The zero-order chi connectivity index (χ0) is 22.6. The van der Waals surface area contributed by atoms with Crippen LogP contribution in [-0.2, 0) is 21.4 Å². The molecule has 0 radical (unpaired) electrons. The van der Waals surface area contributed by atoms with E-state index in [-0.39, 0.29) is 16.5 Å². The van der Waals surface area contributed by atoms with Crippen molar-refractivity contribution in [1.82, 2.24) is 4.31 Å². The maximum Gasteiger partial charge on any atom is 0.349 e. The number of carboxylic acid groups (broad SMARTS) is 1. The second-order valence-corrected chi connectivity index (χ2v) is 9.17. The Balaban J connectivity index is 1.73. The molecule has 0 aromatic heterocycles. The van der Waals surface area contributed by atoms with Gasteiger partial charge in [-0.15, -0.1) is 0 Å². The highest BCUT2D eigenvalue weighted by atomic mass is 35.5. The maximum absolute atomic E-state index is 13.1. The largest absolute Gasteiger partial charge is 0.478 e. The van der Waals surface area contributed by atoms with Crippen LogP contribution in [0.4, 0.5) is 4.39 Å². The number of sulfonamides is 1. The third-order valence-electron chi connectivity index (χ3n) is 4.52. The van der Waals surface area contributed by atoms with Gasteiger partial charge in [0.05, 0.1) is 4.90 Å². The van der Waals surface area contributed by atoms with Crippen molar-refractivity contribution in [3.05, 3.63) is 94.8 Å². The molecule has 0 aliphatic rings. The van der Waals surface area contributed by atoms with Crippen LogP contribution in [-0.4, -0.2) is 30.8 Å². The summed E-state index contributed by atoms with van der Waals surface area (Å²) in [5.41, 5.74) is 0.982. The van der Waals surface area contributed by atoms with Crippen LogP contribution < -0.4 is 4.74 Å². The number of benzene rings is 3. The molecule has 3 rings (SSSR count). The number of rotatable bonds is 8. The molecule has 1 atom stereocenters. The number of nitrogens with zero attached hydrogens (tertiary/aromatic N) is 1. The zero-order valence-electron chi connectivity index (χ0n) is 16.4. The van der Waals surface area contributed by atoms with Crippen molar-refractivity contribution in [3.8, 4) is 5.75 Å². The lowest BCUT2D eigenvalue weighted by molar-refractivity contribution is -0.145. The van der Waals surface area contributed by atoms with Crippen LogP contribution in [0.5, 0.6) is 5.75 Å². The van der Waals surface area contributed by atoms with E-state index in [1.807, 2.05) is 0 Å². The van der Waals surface area contributed by atoms with Gasteiger partial charge in [-0.1, -0.05) is 41.9 Å². The number of ether oxygens (including phenoxy) is 1. The molecule has 0 bridgehead atoms. The number of hydrogen-bond donors (Lipinski definition) is 1. The van der Waals surface area contributed by atoms with E-state index >= 15 is 0 Å². The summed E-state index contributed by atoms with van der Waals surface area (Å²) >= 11 is 6.09. The molecule has 0 aliphatic heterocycles. The molecule has 0 fully saturated rings. The van der Waals surface area contributed by atoms with Crippen molar-refractivity contribution in [2.45, 2.75) is 17.5 Å². The molecule has 9 heteroatoms. The fourth-order valence-corrected chi connectivity index (χ4v) is 4.27. The monoisotopic (exact) mass is 463 g/mol. The second-order valence-electron chi connectivity index (χ2n) is 6.72. The summed E-state index contributed by atoms with van der Waals surface area (Å²) in [5.74, 6) is -1.42. The first kappa shape index (κ1) is 22.7. The molecule has 0 saturated carbocycles. The Labute approximate surface area is 184 Å². The summed E-state index contributed by atoms with van der Waals surface area (Å²) < 4.78 is 45.1. The van der Waals surface area contributed by atoms with Crippen molar-refractivity contribution < 1.29 is 27.4 Å². The van der Waals surface area contributed by atoms with E-state index in [9.17, 15) is 22.7 Å². The molecule has 0 aliphatic carbocycles. The van der Waals surface area contributed by atoms with Gasteiger partial charge >= 0.3 is 5.97 Å². The molecule has 3 aromatic carbocycles. The maximum atomic E-state index is 13.1. The minimum atomic E-state index is -3.79. The van der Waals surface area contributed by atoms with Crippen LogP contribution in [0.1, 0.15) is 17.2 Å². The highest BCUT2D eigenvalue weighted by Gasteiger charge is 2.25. The van der Waals surface area contributed by atoms with Crippen molar-refractivity contribution in [1.29, 1.82) is 0 Å². The van der Waals surface area contributed by atoms with E-state index < -0.39 is 27.9 Å². The van der Waals surface area contributed by atoms with Gasteiger partial charge in [0.2, 0.25) is 16.1 Å². The molecular weight excluding hydrogens is 445 g/mol. The molecule has 1 N–H and O–H groups in total. The number of carboxylic acids is 1. The number of carbonyl (C=O) groups is 1. The second kappa shape index (κ2) is 9.47. The summed E-state index contributed by atoms with van der Waals surface area (Å²) in [5, 5.41) is 9.80. The van der Waals surface area contributed by atoms with E-state index in [0.29, 0.717) is 16.9 Å². The van der Waals surface area contributed by atoms with E-state index in [1.54, 1.807) is 48.5 Å². The van der Waals surface area contributed by atoms with E-state index in [2.05, 4.69) is 0 Å². The van der Waals surface area contributed by atoms with E-state index in [1.165, 1.54) is 19.2 Å². The van der Waals surface area contributed by atoms with Crippen LogP contribution in [0.15, 0.2) is 77.7 Å². The van der Waals surface area contributed by atoms with Crippen LogP contribution in [0.2, 0.25) is 5.02 Å². The zero-order valence-corrected chi connectivity index (χ0v) is 18.0. The SMILES string of the molecule is CN(Cc1ccc(OC(C(=O)O)c2ccccc2Cl)cc1)S(=O)(=O)c1ccc(F)cc1. The molecule has 0 heterocycles. The van der Waals surface area contributed by atoms with Crippen LogP contribution >= 0.6 is 11.6 Å². The van der Waals surface area contributed by atoms with Crippen molar-refractivity contribution in [3.63, 3.8) is 0 Å². The predicted octanol–water partition coefficient (Wildman–Crippen LogP) is 4.50. The molecule has 1 unspecified atom stereocenters. The molecule has 0 saturated heterocycles. The lowest BCUT2D eigenvalue weighted by atomic mass is 10.1. The summed E-state index contributed by atoms with van der Waals surface area (Å²) in [7, 11) is -2.37. The first-order valence-electron chi connectivity index (χ1n) is 9.13. The average molecular weight is 464 g/mol. The average Bonchev–Trinajstić information content (AvgIpc) is 2.74. The third-order valence-corrected chi connectivity index (χ3v) is 6.68. The standard InChI is InChI=1S/C22H19ClFNO5S/c1-25(31(28,29)18-12-8-16(24)9-13-18)14-15-6-10-17(11-7-15)30-21(22(26)27)19-4-2-3-5-20(19)23/h2-13,21H,14H2,1H3,(H,26,27). The molecule has 31 heavy (non-hydrogen) atoms. The molecule has 0 spiro atoms. The quantitative estimate of drug-likeness (QED) is 0.531. The van der Waals surface area contributed by atoms with Gasteiger partial charge in [-0.25, -0.2) is 17.6 Å². The summed E-state index contributed by atoms with van der Waals surface area (Å²) in [6.45, 7) is 0.0624.